The summed E-state index contributed by atoms with van der Waals surface area (Å²) in [6.45, 7) is 2.07. The lowest BCUT2D eigenvalue weighted by atomic mass is 10.1. The van der Waals surface area contributed by atoms with E-state index in [-0.39, 0.29) is 5.91 Å². The monoisotopic (exact) mass is 277 g/mol. The number of carbonyl (C=O) groups excluding carboxylic acids is 1. The molecule has 4 nitrogen and oxygen atoms in total. The molecule has 0 saturated carbocycles. The van der Waals surface area contributed by atoms with Gasteiger partial charge in [-0.2, -0.15) is 0 Å². The third-order valence-electron chi connectivity index (χ3n) is 3.46. The van der Waals surface area contributed by atoms with Gasteiger partial charge in [-0.25, -0.2) is 9.18 Å². The van der Waals surface area contributed by atoms with Crippen LogP contribution in [0.5, 0.6) is 0 Å². The maximum atomic E-state index is 13.6. The Morgan fingerprint density at radius 3 is 2.75 bits per heavy atom. The smallest absolute Gasteiger partial charge is 0.326 e. The van der Waals surface area contributed by atoms with Gasteiger partial charge in [-0.3, -0.25) is 4.79 Å². The summed E-state index contributed by atoms with van der Waals surface area (Å²) in [7, 11) is 0. The molecule has 1 fully saturated rings. The molecule has 1 aromatic carbocycles. The van der Waals surface area contributed by atoms with Gasteiger partial charge in [-0.15, -0.1) is 0 Å². The average Bonchev–Trinajstić information content (AvgIpc) is 2.88. The number of carbonyl (C=O) groups is 2. The zero-order valence-corrected chi connectivity index (χ0v) is 11.2. The first kappa shape index (κ1) is 14.2. The topological polar surface area (TPSA) is 57.6 Å². The molecule has 0 spiro atoms. The molecular weight excluding hydrogens is 261 g/mol. The van der Waals surface area contributed by atoms with Gasteiger partial charge in [0.2, 0.25) is 5.91 Å². The van der Waals surface area contributed by atoms with Crippen LogP contribution >= 0.6 is 0 Å². The minimum atomic E-state index is -0.993. The van der Waals surface area contributed by atoms with Gasteiger partial charge in [0.15, 0.2) is 0 Å². The molecule has 106 valence electrons. The number of carboxylic acid groups (broad SMARTS) is 1. The number of benzene rings is 1. The van der Waals surface area contributed by atoms with E-state index < -0.39 is 17.8 Å². The second-order valence-corrected chi connectivity index (χ2v) is 4.84. The SMILES string of the molecule is C/C(=C\C(=O)N1CCCC1C(=O)O)c1ccccc1F. The lowest BCUT2D eigenvalue weighted by molar-refractivity contribution is -0.146. The molecule has 1 heterocycles. The summed E-state index contributed by atoms with van der Waals surface area (Å²) >= 11 is 0. The lowest BCUT2D eigenvalue weighted by Crippen LogP contribution is -2.39. The van der Waals surface area contributed by atoms with E-state index in [1.54, 1.807) is 25.1 Å². The first-order valence-electron chi connectivity index (χ1n) is 6.47. The third kappa shape index (κ3) is 2.87. The molecule has 0 aromatic heterocycles. The Balaban J connectivity index is 2.20. The molecule has 20 heavy (non-hydrogen) atoms. The molecule has 0 aliphatic carbocycles. The first-order chi connectivity index (χ1) is 9.50. The summed E-state index contributed by atoms with van der Waals surface area (Å²) in [6.07, 6.45) is 2.45. The van der Waals surface area contributed by atoms with E-state index in [1.165, 1.54) is 17.0 Å². The normalized spacial score (nSPS) is 19.2. The quantitative estimate of drug-likeness (QED) is 0.862. The minimum Gasteiger partial charge on any atom is -0.480 e. The van der Waals surface area contributed by atoms with Gasteiger partial charge in [0.25, 0.3) is 0 Å². The van der Waals surface area contributed by atoms with Crippen LogP contribution in [0.3, 0.4) is 0 Å². The van der Waals surface area contributed by atoms with Gasteiger partial charge in [-0.05, 0) is 31.4 Å². The van der Waals surface area contributed by atoms with Crippen molar-refractivity contribution in [3.8, 4) is 0 Å². The van der Waals surface area contributed by atoms with Crippen LogP contribution in [0.25, 0.3) is 5.57 Å². The fourth-order valence-electron chi connectivity index (χ4n) is 2.41. The fourth-order valence-corrected chi connectivity index (χ4v) is 2.41. The predicted molar refractivity (Wildman–Crippen MR) is 72.4 cm³/mol. The highest BCUT2D eigenvalue weighted by Crippen LogP contribution is 2.21. The van der Waals surface area contributed by atoms with Gasteiger partial charge >= 0.3 is 5.97 Å². The van der Waals surface area contributed by atoms with E-state index in [0.717, 1.165) is 0 Å². The summed E-state index contributed by atoms with van der Waals surface area (Å²) in [4.78, 5) is 24.5. The predicted octanol–water partition coefficient (Wildman–Crippen LogP) is 2.30. The third-order valence-corrected chi connectivity index (χ3v) is 3.46. The molecule has 1 unspecified atom stereocenters. The molecule has 1 N–H and O–H groups in total. The number of nitrogens with zero attached hydrogens (tertiary/aromatic N) is 1. The second kappa shape index (κ2) is 5.86. The van der Waals surface area contributed by atoms with Crippen LogP contribution in [-0.2, 0) is 9.59 Å². The van der Waals surface area contributed by atoms with Crippen molar-refractivity contribution in [1.29, 1.82) is 0 Å². The standard InChI is InChI=1S/C15H16FNO3/c1-10(11-5-2-3-6-12(11)16)9-14(18)17-8-4-7-13(17)15(19)20/h2-3,5-6,9,13H,4,7-8H2,1H3,(H,19,20)/b10-9+. The van der Waals surface area contributed by atoms with Gasteiger partial charge in [0.1, 0.15) is 11.9 Å². The van der Waals surface area contributed by atoms with E-state index in [2.05, 4.69) is 0 Å². The van der Waals surface area contributed by atoms with E-state index in [0.29, 0.717) is 30.5 Å². The molecule has 1 atom stereocenters. The van der Waals surface area contributed by atoms with Crippen LogP contribution < -0.4 is 0 Å². The van der Waals surface area contributed by atoms with Crippen LogP contribution in [0.2, 0.25) is 0 Å². The second-order valence-electron chi connectivity index (χ2n) is 4.84. The molecule has 1 aliphatic heterocycles. The molecule has 1 aliphatic rings. The highest BCUT2D eigenvalue weighted by atomic mass is 19.1. The Hall–Kier alpha value is -2.17. The molecule has 0 bridgehead atoms. The summed E-state index contributed by atoms with van der Waals surface area (Å²) in [6, 6.07) is 5.41. The van der Waals surface area contributed by atoms with Crippen molar-refractivity contribution in [3.63, 3.8) is 0 Å². The highest BCUT2D eigenvalue weighted by Gasteiger charge is 2.33. The average molecular weight is 277 g/mol. The summed E-state index contributed by atoms with van der Waals surface area (Å²) in [5.41, 5.74) is 0.844. The van der Waals surface area contributed by atoms with Crippen molar-refractivity contribution in [3.05, 3.63) is 41.7 Å². The number of allylic oxidation sites excluding steroid dienone is 1. The Morgan fingerprint density at radius 2 is 2.10 bits per heavy atom. The van der Waals surface area contributed by atoms with Crippen molar-refractivity contribution in [1.82, 2.24) is 4.90 Å². The highest BCUT2D eigenvalue weighted by molar-refractivity contribution is 5.97. The zero-order chi connectivity index (χ0) is 14.7. The van der Waals surface area contributed by atoms with Gasteiger partial charge in [0, 0.05) is 18.2 Å². The molecule has 1 amide bonds. The van der Waals surface area contributed by atoms with Crippen LogP contribution in [0.1, 0.15) is 25.3 Å². The number of likely N-dealkylation sites (tertiary alicyclic amines) is 1. The Kier molecular flexibility index (Phi) is 4.17. The molecule has 2 rings (SSSR count). The first-order valence-corrected chi connectivity index (χ1v) is 6.47. The van der Waals surface area contributed by atoms with Crippen molar-refractivity contribution in [2.45, 2.75) is 25.8 Å². The van der Waals surface area contributed by atoms with Crippen LogP contribution in [0.15, 0.2) is 30.3 Å². The maximum Gasteiger partial charge on any atom is 0.326 e. The zero-order valence-electron chi connectivity index (χ0n) is 11.2. The van der Waals surface area contributed by atoms with Crippen molar-refractivity contribution < 1.29 is 19.1 Å². The van der Waals surface area contributed by atoms with E-state index in [4.69, 9.17) is 5.11 Å². The van der Waals surface area contributed by atoms with E-state index >= 15 is 0 Å². The Labute approximate surface area is 116 Å². The number of aliphatic carboxylic acids is 1. The number of amides is 1. The summed E-state index contributed by atoms with van der Waals surface area (Å²) in [5, 5.41) is 9.05. The van der Waals surface area contributed by atoms with Crippen LogP contribution in [0, 0.1) is 5.82 Å². The number of hydrogen-bond donors (Lipinski definition) is 1. The molecule has 1 saturated heterocycles. The van der Waals surface area contributed by atoms with E-state index in [1.807, 2.05) is 0 Å². The largest absolute Gasteiger partial charge is 0.480 e. The van der Waals surface area contributed by atoms with Gasteiger partial charge < -0.3 is 10.0 Å². The minimum absolute atomic E-state index is 0.354. The maximum absolute atomic E-state index is 13.6. The Bertz CT molecular complexity index is 568. The number of hydrogen-bond acceptors (Lipinski definition) is 2. The Morgan fingerprint density at radius 1 is 1.40 bits per heavy atom. The van der Waals surface area contributed by atoms with Crippen LogP contribution in [-0.4, -0.2) is 34.5 Å². The van der Waals surface area contributed by atoms with Crippen molar-refractivity contribution in [2.75, 3.05) is 6.54 Å². The molecule has 5 heteroatoms. The molecule has 1 aromatic rings. The summed E-state index contributed by atoms with van der Waals surface area (Å²) in [5.74, 6) is -1.77. The van der Waals surface area contributed by atoms with Gasteiger partial charge in [0.05, 0.1) is 0 Å². The number of halogens is 1. The van der Waals surface area contributed by atoms with Crippen molar-refractivity contribution in [2.24, 2.45) is 0 Å². The number of rotatable bonds is 3. The molecular formula is C15H16FNO3. The van der Waals surface area contributed by atoms with Crippen molar-refractivity contribution >= 4 is 17.4 Å². The fraction of sp³-hybridized carbons (Fsp3) is 0.333. The number of carboxylic acids is 1. The summed E-state index contributed by atoms with van der Waals surface area (Å²) < 4.78 is 13.6. The van der Waals surface area contributed by atoms with Gasteiger partial charge in [-0.1, -0.05) is 18.2 Å². The van der Waals surface area contributed by atoms with Crippen LogP contribution in [0.4, 0.5) is 4.39 Å². The molecule has 0 radical (unpaired) electrons. The lowest BCUT2D eigenvalue weighted by Gasteiger charge is -2.20. The van der Waals surface area contributed by atoms with E-state index in [9.17, 15) is 14.0 Å².